The van der Waals surface area contributed by atoms with Gasteiger partial charge in [0.15, 0.2) is 0 Å². The summed E-state index contributed by atoms with van der Waals surface area (Å²) in [6, 6.07) is 81.5. The highest BCUT2D eigenvalue weighted by Gasteiger charge is 2.20. The SMILES string of the molecule is c1ccc(-c2ccc(-c3ccccc3)c(N(c3ccc(-c4cccc5ccccc45)cc3)c3cccc(-c4cc5ccccc5c5ccccc45)c3)c2)cc1. The highest BCUT2D eigenvalue weighted by atomic mass is 15.1. The van der Waals surface area contributed by atoms with Gasteiger partial charge in [0.25, 0.3) is 0 Å². The van der Waals surface area contributed by atoms with Crippen LogP contribution in [0.2, 0.25) is 0 Å². The van der Waals surface area contributed by atoms with Crippen LogP contribution in [0.25, 0.3) is 76.8 Å². The predicted octanol–water partition coefficient (Wildman–Crippen LogP) is 15.3. The van der Waals surface area contributed by atoms with Crippen LogP contribution >= 0.6 is 0 Å². The number of hydrogen-bond donors (Lipinski definition) is 0. The number of nitrogens with zero attached hydrogens (tertiary/aromatic N) is 1. The van der Waals surface area contributed by atoms with Crippen molar-refractivity contribution in [2.45, 2.75) is 0 Å². The molecule has 0 N–H and O–H groups in total. The standard InChI is InChI=1S/C54H37N/c1-3-15-38(16-4-1)42-31-34-50(40-17-5-2-6-18-40)54(37-42)55(45-32-29-41(30-33-45)48-28-14-21-39-19-7-9-24-47(39)48)46-23-13-22-43(35-46)53-36-44-20-8-10-25-49(44)51-26-11-12-27-52(51)53/h1-37H. The molecule has 0 aliphatic carbocycles. The minimum Gasteiger partial charge on any atom is -0.310 e. The van der Waals surface area contributed by atoms with Gasteiger partial charge in [-0.15, -0.1) is 0 Å². The van der Waals surface area contributed by atoms with E-state index in [9.17, 15) is 0 Å². The summed E-state index contributed by atoms with van der Waals surface area (Å²) in [4.78, 5) is 2.44. The van der Waals surface area contributed by atoms with Crippen LogP contribution in [0, 0.1) is 0 Å². The quantitative estimate of drug-likeness (QED) is 0.150. The molecular formula is C54H37N. The van der Waals surface area contributed by atoms with Gasteiger partial charge in [0.2, 0.25) is 0 Å². The Morgan fingerprint density at radius 1 is 0.236 bits per heavy atom. The van der Waals surface area contributed by atoms with Gasteiger partial charge < -0.3 is 4.90 Å². The summed E-state index contributed by atoms with van der Waals surface area (Å²) in [6.07, 6.45) is 0. The van der Waals surface area contributed by atoms with E-state index in [-0.39, 0.29) is 0 Å². The van der Waals surface area contributed by atoms with Crippen LogP contribution in [0.15, 0.2) is 224 Å². The van der Waals surface area contributed by atoms with E-state index in [4.69, 9.17) is 0 Å². The van der Waals surface area contributed by atoms with E-state index < -0.39 is 0 Å². The Labute approximate surface area is 322 Å². The van der Waals surface area contributed by atoms with E-state index in [1.165, 1.54) is 76.8 Å². The number of rotatable bonds is 7. The average molecular weight is 700 g/mol. The van der Waals surface area contributed by atoms with Crippen molar-refractivity contribution in [2.24, 2.45) is 0 Å². The molecule has 1 heteroatoms. The van der Waals surface area contributed by atoms with E-state index in [2.05, 4.69) is 229 Å². The molecule has 10 rings (SSSR count). The lowest BCUT2D eigenvalue weighted by molar-refractivity contribution is 1.28. The molecule has 10 aromatic carbocycles. The smallest absolute Gasteiger partial charge is 0.0546 e. The molecule has 258 valence electrons. The van der Waals surface area contributed by atoms with Crippen molar-refractivity contribution in [1.29, 1.82) is 0 Å². The van der Waals surface area contributed by atoms with E-state index in [0.29, 0.717) is 0 Å². The largest absolute Gasteiger partial charge is 0.310 e. The second-order valence-corrected chi connectivity index (χ2v) is 14.1. The van der Waals surface area contributed by atoms with E-state index in [0.717, 1.165) is 17.1 Å². The molecule has 0 saturated carbocycles. The molecule has 0 unspecified atom stereocenters. The normalized spacial score (nSPS) is 11.3. The molecule has 0 aliphatic heterocycles. The van der Waals surface area contributed by atoms with Crippen molar-refractivity contribution in [3.63, 3.8) is 0 Å². The second-order valence-electron chi connectivity index (χ2n) is 14.1. The summed E-state index contributed by atoms with van der Waals surface area (Å²) < 4.78 is 0. The fourth-order valence-corrected chi connectivity index (χ4v) is 8.19. The van der Waals surface area contributed by atoms with Crippen molar-refractivity contribution in [3.05, 3.63) is 224 Å². The summed E-state index contributed by atoms with van der Waals surface area (Å²) in [7, 11) is 0. The van der Waals surface area contributed by atoms with Crippen LogP contribution in [0.3, 0.4) is 0 Å². The predicted molar refractivity (Wildman–Crippen MR) is 235 cm³/mol. The lowest BCUT2D eigenvalue weighted by Crippen LogP contribution is -2.11. The van der Waals surface area contributed by atoms with Crippen molar-refractivity contribution in [2.75, 3.05) is 4.90 Å². The summed E-state index contributed by atoms with van der Waals surface area (Å²) in [5.41, 5.74) is 12.8. The molecule has 0 atom stereocenters. The van der Waals surface area contributed by atoms with Crippen molar-refractivity contribution >= 4 is 49.4 Å². The van der Waals surface area contributed by atoms with Crippen molar-refractivity contribution in [1.82, 2.24) is 0 Å². The maximum absolute atomic E-state index is 2.44. The van der Waals surface area contributed by atoms with Crippen LogP contribution in [-0.2, 0) is 0 Å². The first-order chi connectivity index (χ1) is 27.3. The minimum atomic E-state index is 1.09. The van der Waals surface area contributed by atoms with Crippen LogP contribution in [0.5, 0.6) is 0 Å². The molecule has 0 radical (unpaired) electrons. The van der Waals surface area contributed by atoms with Gasteiger partial charge in [-0.05, 0) is 108 Å². The Hall–Kier alpha value is -7.22. The number of benzene rings is 10. The van der Waals surface area contributed by atoms with Crippen LogP contribution in [-0.4, -0.2) is 0 Å². The molecule has 0 aliphatic rings. The fraction of sp³-hybridized carbons (Fsp3) is 0. The zero-order valence-corrected chi connectivity index (χ0v) is 30.3. The molecule has 10 aromatic rings. The Kier molecular flexibility index (Phi) is 8.24. The lowest BCUT2D eigenvalue weighted by atomic mass is 9.92. The molecule has 0 amide bonds. The van der Waals surface area contributed by atoms with Crippen LogP contribution in [0.4, 0.5) is 17.1 Å². The molecule has 1 nitrogen and oxygen atoms in total. The van der Waals surface area contributed by atoms with Gasteiger partial charge in [-0.3, -0.25) is 0 Å². The zero-order valence-electron chi connectivity index (χ0n) is 30.3. The Bertz CT molecular complexity index is 2960. The summed E-state index contributed by atoms with van der Waals surface area (Å²) in [5, 5.41) is 7.53. The number of hydrogen-bond acceptors (Lipinski definition) is 1. The number of anilines is 3. The molecule has 55 heavy (non-hydrogen) atoms. The summed E-state index contributed by atoms with van der Waals surface area (Å²) in [6.45, 7) is 0. The van der Waals surface area contributed by atoms with Gasteiger partial charge >= 0.3 is 0 Å². The zero-order chi connectivity index (χ0) is 36.6. The van der Waals surface area contributed by atoms with Gasteiger partial charge in [0.05, 0.1) is 5.69 Å². The van der Waals surface area contributed by atoms with Crippen LogP contribution in [0.1, 0.15) is 0 Å². The molecule has 0 heterocycles. The third kappa shape index (κ3) is 6.02. The Balaban J connectivity index is 1.20. The van der Waals surface area contributed by atoms with Gasteiger partial charge in [0.1, 0.15) is 0 Å². The Morgan fingerprint density at radius 3 is 1.58 bits per heavy atom. The molecule has 0 bridgehead atoms. The fourth-order valence-electron chi connectivity index (χ4n) is 8.19. The average Bonchev–Trinajstić information content (AvgIpc) is 3.27. The maximum atomic E-state index is 2.44. The van der Waals surface area contributed by atoms with Gasteiger partial charge in [-0.25, -0.2) is 0 Å². The van der Waals surface area contributed by atoms with Gasteiger partial charge in [-0.2, -0.15) is 0 Å². The van der Waals surface area contributed by atoms with Crippen molar-refractivity contribution in [3.8, 4) is 44.5 Å². The topological polar surface area (TPSA) is 3.24 Å². The highest BCUT2D eigenvalue weighted by Crippen LogP contribution is 2.45. The van der Waals surface area contributed by atoms with Gasteiger partial charge in [0, 0.05) is 16.9 Å². The lowest BCUT2D eigenvalue weighted by Gasteiger charge is -2.29. The first-order valence-electron chi connectivity index (χ1n) is 18.9. The van der Waals surface area contributed by atoms with E-state index >= 15 is 0 Å². The maximum Gasteiger partial charge on any atom is 0.0546 e. The Morgan fingerprint density at radius 2 is 0.800 bits per heavy atom. The second kappa shape index (κ2) is 14.0. The first-order valence-corrected chi connectivity index (χ1v) is 18.9. The molecule has 0 fully saturated rings. The first kappa shape index (κ1) is 32.4. The van der Waals surface area contributed by atoms with Crippen LogP contribution < -0.4 is 4.90 Å². The van der Waals surface area contributed by atoms with E-state index in [1.54, 1.807) is 0 Å². The van der Waals surface area contributed by atoms with Gasteiger partial charge in [-0.1, -0.05) is 188 Å². The summed E-state index contributed by atoms with van der Waals surface area (Å²) in [5.74, 6) is 0. The number of fused-ring (bicyclic) bond motifs is 4. The molecule has 0 spiro atoms. The van der Waals surface area contributed by atoms with E-state index in [1.807, 2.05) is 0 Å². The highest BCUT2D eigenvalue weighted by molar-refractivity contribution is 6.14. The third-order valence-electron chi connectivity index (χ3n) is 10.8. The van der Waals surface area contributed by atoms with Crippen molar-refractivity contribution < 1.29 is 0 Å². The monoisotopic (exact) mass is 699 g/mol. The molecular weight excluding hydrogens is 663 g/mol. The summed E-state index contributed by atoms with van der Waals surface area (Å²) >= 11 is 0. The minimum absolute atomic E-state index is 1.09. The molecule has 0 saturated heterocycles. The molecule has 0 aromatic heterocycles. The third-order valence-corrected chi connectivity index (χ3v) is 10.8.